The van der Waals surface area contributed by atoms with Crippen LogP contribution in [0.4, 0.5) is 0 Å². The Bertz CT molecular complexity index is 598. The van der Waals surface area contributed by atoms with Gasteiger partial charge in [-0.25, -0.2) is 0 Å². The second kappa shape index (κ2) is 6.81. The zero-order chi connectivity index (χ0) is 14.7. The fraction of sp³-hybridized carbons (Fsp3) is 0.333. The Morgan fingerprint density at radius 1 is 1.30 bits per heavy atom. The monoisotopic (exact) mass is 329 g/mol. The Morgan fingerprint density at radius 3 is 2.55 bits per heavy atom. The molecule has 1 aromatic carbocycles. The molecule has 2 aromatic rings. The first kappa shape index (κ1) is 15.6. The summed E-state index contributed by atoms with van der Waals surface area (Å²) in [5, 5.41) is 3.46. The van der Waals surface area contributed by atoms with Gasteiger partial charge in [0.05, 0.1) is 21.8 Å². The molecule has 0 amide bonds. The Hall–Kier alpha value is -0.740. The highest BCUT2D eigenvalue weighted by Crippen LogP contribution is 2.38. The van der Waals surface area contributed by atoms with Crippen LogP contribution in [0.2, 0.25) is 8.67 Å². The summed E-state index contributed by atoms with van der Waals surface area (Å²) in [5.41, 5.74) is 3.28. The molecule has 0 saturated heterocycles. The van der Waals surface area contributed by atoms with Gasteiger partial charge in [0.2, 0.25) is 0 Å². The van der Waals surface area contributed by atoms with Crippen molar-refractivity contribution >= 4 is 34.5 Å². The van der Waals surface area contributed by atoms with E-state index in [1.54, 1.807) is 7.11 Å². The van der Waals surface area contributed by atoms with Crippen LogP contribution in [-0.2, 0) is 0 Å². The number of thiophene rings is 1. The SMILES string of the molecule is CCNC(c1ccc(OC)c(C)c1)c1cc(Cl)sc1Cl. The number of benzene rings is 1. The molecule has 2 rings (SSSR count). The van der Waals surface area contributed by atoms with Crippen LogP contribution in [0, 0.1) is 6.92 Å². The van der Waals surface area contributed by atoms with E-state index in [0.29, 0.717) is 4.34 Å². The molecule has 0 aliphatic heterocycles. The van der Waals surface area contributed by atoms with E-state index in [2.05, 4.69) is 24.4 Å². The summed E-state index contributed by atoms with van der Waals surface area (Å²) < 4.78 is 6.75. The molecule has 0 spiro atoms. The van der Waals surface area contributed by atoms with Gasteiger partial charge in [-0.2, -0.15) is 0 Å². The van der Waals surface area contributed by atoms with Gasteiger partial charge in [-0.3, -0.25) is 0 Å². The Balaban J connectivity index is 2.43. The molecule has 1 heterocycles. The molecule has 20 heavy (non-hydrogen) atoms. The van der Waals surface area contributed by atoms with Crippen molar-refractivity contribution in [3.63, 3.8) is 0 Å². The summed E-state index contributed by atoms with van der Waals surface area (Å²) in [6, 6.07) is 8.13. The van der Waals surface area contributed by atoms with Gasteiger partial charge in [-0.15, -0.1) is 11.3 Å². The molecule has 0 aliphatic rings. The predicted octanol–water partition coefficient (Wildman–Crippen LogP) is 5.07. The maximum absolute atomic E-state index is 6.29. The van der Waals surface area contributed by atoms with Gasteiger partial charge in [-0.1, -0.05) is 42.3 Å². The van der Waals surface area contributed by atoms with E-state index in [1.807, 2.05) is 19.1 Å². The van der Waals surface area contributed by atoms with Crippen LogP contribution in [0.1, 0.15) is 29.7 Å². The first-order valence-electron chi connectivity index (χ1n) is 6.39. The average Bonchev–Trinajstić information content (AvgIpc) is 2.74. The summed E-state index contributed by atoms with van der Waals surface area (Å²) >= 11 is 13.8. The third-order valence-corrected chi connectivity index (χ3v) is 4.67. The van der Waals surface area contributed by atoms with Crippen molar-refractivity contribution in [3.05, 3.63) is 49.6 Å². The molecule has 5 heteroatoms. The second-order valence-corrected chi connectivity index (χ2v) is 6.78. The number of methoxy groups -OCH3 is 1. The van der Waals surface area contributed by atoms with Gasteiger partial charge < -0.3 is 10.1 Å². The Labute approximate surface area is 133 Å². The van der Waals surface area contributed by atoms with Crippen LogP contribution in [0.15, 0.2) is 24.3 Å². The van der Waals surface area contributed by atoms with Crippen LogP contribution >= 0.6 is 34.5 Å². The highest BCUT2D eigenvalue weighted by atomic mass is 35.5. The van der Waals surface area contributed by atoms with E-state index in [1.165, 1.54) is 11.3 Å². The van der Waals surface area contributed by atoms with Crippen LogP contribution in [0.5, 0.6) is 5.75 Å². The van der Waals surface area contributed by atoms with Crippen molar-refractivity contribution in [1.29, 1.82) is 0 Å². The second-order valence-electron chi connectivity index (χ2n) is 4.50. The lowest BCUT2D eigenvalue weighted by Gasteiger charge is -2.19. The molecule has 1 aromatic heterocycles. The quantitative estimate of drug-likeness (QED) is 0.826. The number of hydrogen-bond acceptors (Lipinski definition) is 3. The van der Waals surface area contributed by atoms with Gasteiger partial charge in [0, 0.05) is 5.56 Å². The number of ether oxygens (including phenoxy) is 1. The molecule has 0 aliphatic carbocycles. The van der Waals surface area contributed by atoms with Crippen molar-refractivity contribution < 1.29 is 4.74 Å². The van der Waals surface area contributed by atoms with E-state index in [9.17, 15) is 0 Å². The van der Waals surface area contributed by atoms with Crippen LogP contribution in [0.25, 0.3) is 0 Å². The fourth-order valence-electron chi connectivity index (χ4n) is 2.24. The van der Waals surface area contributed by atoms with Gasteiger partial charge in [0.25, 0.3) is 0 Å². The molecule has 0 fully saturated rings. The van der Waals surface area contributed by atoms with Gasteiger partial charge in [-0.05, 0) is 36.7 Å². The summed E-state index contributed by atoms with van der Waals surface area (Å²) in [7, 11) is 1.68. The van der Waals surface area contributed by atoms with Crippen molar-refractivity contribution in [3.8, 4) is 5.75 Å². The zero-order valence-corrected chi connectivity index (χ0v) is 14.0. The molecule has 0 radical (unpaired) electrons. The van der Waals surface area contributed by atoms with Gasteiger partial charge >= 0.3 is 0 Å². The Kier molecular flexibility index (Phi) is 5.33. The molecule has 1 N–H and O–H groups in total. The number of aryl methyl sites for hydroxylation is 1. The minimum Gasteiger partial charge on any atom is -0.496 e. The van der Waals surface area contributed by atoms with E-state index in [-0.39, 0.29) is 6.04 Å². The third-order valence-electron chi connectivity index (χ3n) is 3.15. The minimum atomic E-state index is 0.0425. The molecule has 1 unspecified atom stereocenters. The zero-order valence-electron chi connectivity index (χ0n) is 11.7. The number of rotatable bonds is 5. The lowest BCUT2D eigenvalue weighted by atomic mass is 9.99. The van der Waals surface area contributed by atoms with E-state index >= 15 is 0 Å². The van der Waals surface area contributed by atoms with Gasteiger partial charge in [0.15, 0.2) is 0 Å². The van der Waals surface area contributed by atoms with Crippen LogP contribution in [0.3, 0.4) is 0 Å². The lowest BCUT2D eigenvalue weighted by Crippen LogP contribution is -2.21. The summed E-state index contributed by atoms with van der Waals surface area (Å²) in [6.07, 6.45) is 0. The smallest absolute Gasteiger partial charge is 0.121 e. The standard InChI is InChI=1S/C15H17Cl2NOS/c1-4-18-14(11-8-13(16)20-15(11)17)10-5-6-12(19-3)9(2)7-10/h5-8,14,18H,4H2,1-3H3. The molecule has 0 bridgehead atoms. The number of nitrogens with one attached hydrogen (secondary N) is 1. The highest BCUT2D eigenvalue weighted by Gasteiger charge is 2.19. The molecule has 1 atom stereocenters. The Morgan fingerprint density at radius 2 is 2.05 bits per heavy atom. The topological polar surface area (TPSA) is 21.3 Å². The normalized spacial score (nSPS) is 12.4. The van der Waals surface area contributed by atoms with Crippen molar-refractivity contribution in [1.82, 2.24) is 5.32 Å². The minimum absolute atomic E-state index is 0.0425. The van der Waals surface area contributed by atoms with Crippen LogP contribution in [-0.4, -0.2) is 13.7 Å². The maximum Gasteiger partial charge on any atom is 0.121 e. The van der Waals surface area contributed by atoms with Crippen LogP contribution < -0.4 is 10.1 Å². The first-order chi connectivity index (χ1) is 9.56. The summed E-state index contributed by atoms with van der Waals surface area (Å²) in [5.74, 6) is 0.887. The lowest BCUT2D eigenvalue weighted by molar-refractivity contribution is 0.411. The largest absolute Gasteiger partial charge is 0.496 e. The molecule has 108 valence electrons. The summed E-state index contributed by atoms with van der Waals surface area (Å²) in [4.78, 5) is 0. The van der Waals surface area contributed by atoms with Crippen molar-refractivity contribution in [2.75, 3.05) is 13.7 Å². The molecule has 0 saturated carbocycles. The van der Waals surface area contributed by atoms with Gasteiger partial charge in [0.1, 0.15) is 5.75 Å². The predicted molar refractivity (Wildman–Crippen MR) is 87.6 cm³/mol. The number of halogens is 2. The van der Waals surface area contributed by atoms with E-state index < -0.39 is 0 Å². The molecular formula is C15H17Cl2NOS. The maximum atomic E-state index is 6.29. The fourth-order valence-corrected chi connectivity index (χ4v) is 3.77. The molecule has 2 nitrogen and oxygen atoms in total. The number of hydrogen-bond donors (Lipinski definition) is 1. The third kappa shape index (κ3) is 3.29. The average molecular weight is 330 g/mol. The van der Waals surface area contributed by atoms with E-state index in [4.69, 9.17) is 27.9 Å². The summed E-state index contributed by atoms with van der Waals surface area (Å²) in [6.45, 7) is 4.96. The van der Waals surface area contributed by atoms with Crippen molar-refractivity contribution in [2.45, 2.75) is 19.9 Å². The highest BCUT2D eigenvalue weighted by molar-refractivity contribution is 7.20. The van der Waals surface area contributed by atoms with Crippen molar-refractivity contribution in [2.24, 2.45) is 0 Å². The first-order valence-corrected chi connectivity index (χ1v) is 7.96. The van der Waals surface area contributed by atoms with E-state index in [0.717, 1.165) is 33.3 Å². The molecular weight excluding hydrogens is 313 g/mol.